The fourth-order valence-electron chi connectivity index (χ4n) is 2.87. The number of H-pyrrole nitrogens is 1. The first-order chi connectivity index (χ1) is 13.0. The molecule has 0 atom stereocenters. The van der Waals surface area contributed by atoms with Crippen LogP contribution in [-0.4, -0.2) is 26.1 Å². The van der Waals surface area contributed by atoms with Crippen LogP contribution < -0.4 is 11.1 Å². The van der Waals surface area contributed by atoms with Crippen LogP contribution in [0.2, 0.25) is 0 Å². The van der Waals surface area contributed by atoms with Crippen LogP contribution in [0.25, 0.3) is 11.4 Å². The van der Waals surface area contributed by atoms with Crippen molar-refractivity contribution in [3.63, 3.8) is 0 Å². The molecule has 3 aromatic rings. The van der Waals surface area contributed by atoms with Crippen LogP contribution in [0.3, 0.4) is 0 Å². The number of primary amides is 1. The highest BCUT2D eigenvalue weighted by atomic mass is 16.1. The second-order valence-electron chi connectivity index (χ2n) is 6.60. The summed E-state index contributed by atoms with van der Waals surface area (Å²) < 4.78 is 0. The smallest absolute Gasteiger partial charge is 0.248 e. The van der Waals surface area contributed by atoms with E-state index >= 15 is 0 Å². The van der Waals surface area contributed by atoms with Crippen LogP contribution in [0.4, 0.5) is 11.6 Å². The molecule has 0 unspecified atom stereocenters. The summed E-state index contributed by atoms with van der Waals surface area (Å²) >= 11 is 0. The first-order valence-corrected chi connectivity index (χ1v) is 8.62. The van der Waals surface area contributed by atoms with Crippen molar-refractivity contribution in [3.05, 3.63) is 52.8 Å². The Morgan fingerprint density at radius 2 is 2.19 bits per heavy atom. The number of aryl methyl sites for hydroxylation is 1. The van der Waals surface area contributed by atoms with Crippen LogP contribution in [-0.2, 0) is 0 Å². The topological polar surface area (TPSA) is 110 Å². The van der Waals surface area contributed by atoms with Gasteiger partial charge in [0.05, 0.1) is 5.56 Å². The summed E-state index contributed by atoms with van der Waals surface area (Å²) in [6, 6.07) is 7.32. The SMILES string of the molecule is C#Cc1cnc(-c2ccc(C)c(C(N)=O)c2)nc1Nc1cc(C2CC2)[nH]n1. The highest BCUT2D eigenvalue weighted by Crippen LogP contribution is 2.39. The number of hydrogen-bond donors (Lipinski definition) is 3. The van der Waals surface area contributed by atoms with Crippen molar-refractivity contribution in [2.24, 2.45) is 5.73 Å². The fraction of sp³-hybridized carbons (Fsp3) is 0.200. The molecule has 2 aromatic heterocycles. The van der Waals surface area contributed by atoms with E-state index in [-0.39, 0.29) is 0 Å². The maximum absolute atomic E-state index is 11.6. The zero-order valence-electron chi connectivity index (χ0n) is 14.8. The molecular weight excluding hydrogens is 340 g/mol. The standard InChI is InChI=1S/C20H18N6O/c1-3-12-10-22-19(14-5-4-11(2)15(8-14)18(21)27)24-20(12)23-17-9-16(25-26-17)13-6-7-13/h1,4-5,8-10,13H,6-7H2,2H3,(H2,21,27)(H2,22,23,24,25,26). The fourth-order valence-corrected chi connectivity index (χ4v) is 2.87. The molecule has 0 bridgehead atoms. The van der Waals surface area contributed by atoms with Crippen molar-refractivity contribution in [2.45, 2.75) is 25.7 Å². The van der Waals surface area contributed by atoms with E-state index in [2.05, 4.69) is 31.4 Å². The van der Waals surface area contributed by atoms with E-state index in [1.165, 1.54) is 12.8 Å². The minimum absolute atomic E-state index is 0.438. The molecule has 4 rings (SSSR count). The van der Waals surface area contributed by atoms with E-state index < -0.39 is 5.91 Å². The normalized spacial score (nSPS) is 13.2. The number of terminal acetylenes is 1. The van der Waals surface area contributed by atoms with Gasteiger partial charge in [0.25, 0.3) is 0 Å². The van der Waals surface area contributed by atoms with Gasteiger partial charge in [-0.3, -0.25) is 9.89 Å². The molecule has 1 aliphatic rings. The summed E-state index contributed by atoms with van der Waals surface area (Å²) in [6.45, 7) is 1.83. The second kappa shape index (κ2) is 6.57. The van der Waals surface area contributed by atoms with Gasteiger partial charge in [-0.15, -0.1) is 6.42 Å². The molecule has 1 saturated carbocycles. The number of nitrogens with two attached hydrogens (primary N) is 1. The number of carbonyl (C=O) groups excluding carboxylic acids is 1. The molecule has 1 amide bonds. The van der Waals surface area contributed by atoms with E-state index in [1.54, 1.807) is 12.3 Å². The van der Waals surface area contributed by atoms with Crippen molar-refractivity contribution in [1.82, 2.24) is 20.2 Å². The predicted octanol–water partition coefficient (Wildman–Crippen LogP) is 2.88. The largest absolute Gasteiger partial charge is 0.366 e. The number of nitrogens with zero attached hydrogens (tertiary/aromatic N) is 3. The van der Waals surface area contributed by atoms with E-state index in [4.69, 9.17) is 12.2 Å². The Hall–Kier alpha value is -3.66. The Labute approximate surface area is 156 Å². The van der Waals surface area contributed by atoms with Gasteiger partial charge in [-0.05, 0) is 31.4 Å². The minimum Gasteiger partial charge on any atom is -0.366 e. The summed E-state index contributed by atoms with van der Waals surface area (Å²) in [4.78, 5) is 20.5. The molecule has 4 N–H and O–H groups in total. The van der Waals surface area contributed by atoms with E-state index in [0.717, 1.165) is 11.3 Å². The van der Waals surface area contributed by atoms with Crippen LogP contribution in [0.1, 0.15) is 45.9 Å². The number of benzene rings is 1. The van der Waals surface area contributed by atoms with Crippen LogP contribution in [0, 0.1) is 19.3 Å². The third kappa shape index (κ3) is 3.37. The van der Waals surface area contributed by atoms with Crippen LogP contribution in [0.15, 0.2) is 30.5 Å². The van der Waals surface area contributed by atoms with Gasteiger partial charge in [-0.25, -0.2) is 9.97 Å². The lowest BCUT2D eigenvalue weighted by Gasteiger charge is -2.09. The summed E-state index contributed by atoms with van der Waals surface area (Å²) in [6.07, 6.45) is 9.52. The maximum Gasteiger partial charge on any atom is 0.248 e. The van der Waals surface area contributed by atoms with Gasteiger partial charge in [0.2, 0.25) is 5.91 Å². The average molecular weight is 358 g/mol. The number of rotatable bonds is 5. The molecular formula is C20H18N6O. The van der Waals surface area contributed by atoms with Gasteiger partial charge < -0.3 is 11.1 Å². The first-order valence-electron chi connectivity index (χ1n) is 8.62. The van der Waals surface area contributed by atoms with Crippen molar-refractivity contribution in [2.75, 3.05) is 5.32 Å². The maximum atomic E-state index is 11.6. The number of anilines is 2. The Bertz CT molecular complexity index is 1070. The molecule has 134 valence electrons. The van der Waals surface area contributed by atoms with Crippen LogP contribution in [0.5, 0.6) is 0 Å². The number of nitrogens with one attached hydrogen (secondary N) is 2. The highest BCUT2D eigenvalue weighted by Gasteiger charge is 2.25. The third-order valence-electron chi connectivity index (χ3n) is 4.57. The minimum atomic E-state index is -0.489. The number of aromatic nitrogens is 4. The Morgan fingerprint density at radius 1 is 1.37 bits per heavy atom. The molecule has 0 saturated heterocycles. The van der Waals surface area contributed by atoms with Crippen molar-refractivity contribution in [1.29, 1.82) is 0 Å². The summed E-state index contributed by atoms with van der Waals surface area (Å²) in [5, 5.41) is 10.5. The van der Waals surface area contributed by atoms with Crippen molar-refractivity contribution < 1.29 is 4.79 Å². The lowest BCUT2D eigenvalue weighted by molar-refractivity contribution is 0.1000. The molecule has 1 aromatic carbocycles. The summed E-state index contributed by atoms with van der Waals surface area (Å²) in [7, 11) is 0. The number of aromatic amines is 1. The molecule has 7 nitrogen and oxygen atoms in total. The van der Waals surface area contributed by atoms with E-state index in [9.17, 15) is 4.79 Å². The van der Waals surface area contributed by atoms with Crippen LogP contribution >= 0.6 is 0 Å². The Balaban J connectivity index is 1.69. The van der Waals surface area contributed by atoms with Gasteiger partial charge in [-0.2, -0.15) is 5.10 Å². The van der Waals surface area contributed by atoms with Gasteiger partial charge in [0.15, 0.2) is 17.5 Å². The monoisotopic (exact) mass is 358 g/mol. The number of amides is 1. The molecule has 2 heterocycles. The number of hydrogen-bond acceptors (Lipinski definition) is 5. The summed E-state index contributed by atoms with van der Waals surface area (Å²) in [5.74, 6) is 4.24. The highest BCUT2D eigenvalue weighted by molar-refractivity contribution is 5.95. The van der Waals surface area contributed by atoms with Gasteiger partial charge in [0.1, 0.15) is 0 Å². The summed E-state index contributed by atoms with van der Waals surface area (Å²) in [5.41, 5.74) is 9.00. The predicted molar refractivity (Wildman–Crippen MR) is 103 cm³/mol. The van der Waals surface area contributed by atoms with Crippen molar-refractivity contribution >= 4 is 17.5 Å². The van der Waals surface area contributed by atoms with E-state index in [0.29, 0.717) is 40.1 Å². The molecule has 1 aliphatic carbocycles. The Kier molecular flexibility index (Phi) is 4.09. The van der Waals surface area contributed by atoms with Gasteiger partial charge in [0, 0.05) is 35.0 Å². The molecule has 7 heteroatoms. The molecule has 0 aliphatic heterocycles. The van der Waals surface area contributed by atoms with Gasteiger partial charge >= 0.3 is 0 Å². The Morgan fingerprint density at radius 3 is 2.89 bits per heavy atom. The van der Waals surface area contributed by atoms with Crippen molar-refractivity contribution in [3.8, 4) is 23.7 Å². The lowest BCUT2D eigenvalue weighted by atomic mass is 10.0. The zero-order chi connectivity index (χ0) is 19.0. The molecule has 1 fully saturated rings. The van der Waals surface area contributed by atoms with Gasteiger partial charge in [-0.1, -0.05) is 18.1 Å². The zero-order valence-corrected chi connectivity index (χ0v) is 14.8. The number of carbonyl (C=O) groups is 1. The third-order valence-corrected chi connectivity index (χ3v) is 4.57. The molecule has 0 radical (unpaired) electrons. The molecule has 27 heavy (non-hydrogen) atoms. The lowest BCUT2D eigenvalue weighted by Crippen LogP contribution is -2.12. The van der Waals surface area contributed by atoms with E-state index in [1.807, 2.05) is 25.1 Å². The molecule has 0 spiro atoms. The average Bonchev–Trinajstić information content (AvgIpc) is 3.41. The second-order valence-corrected chi connectivity index (χ2v) is 6.60. The quantitative estimate of drug-likeness (QED) is 0.608. The first kappa shape index (κ1) is 16.8.